The van der Waals surface area contributed by atoms with Gasteiger partial charge in [0.1, 0.15) is 22.3 Å². The molecule has 3 aliphatic rings. The Morgan fingerprint density at radius 3 is 1.67 bits per heavy atom. The second-order valence-electron chi connectivity index (χ2n) is 22.5. The van der Waals surface area contributed by atoms with Crippen molar-refractivity contribution in [3.05, 3.63) is 225 Å². The van der Waals surface area contributed by atoms with Gasteiger partial charge in [-0.3, -0.25) is 0 Å². The molecule has 0 N–H and O–H groups in total. The Morgan fingerprint density at radius 2 is 0.971 bits per heavy atom. The van der Waals surface area contributed by atoms with Crippen molar-refractivity contribution < 1.29 is 8.83 Å². The maximum absolute atomic E-state index is 7.01. The zero-order chi connectivity index (χ0) is 47.6. The molecule has 2 aromatic heterocycles. The smallest absolute Gasteiger partial charge is 0.144 e. The molecule has 3 aliphatic carbocycles. The van der Waals surface area contributed by atoms with Crippen LogP contribution in [0.25, 0.3) is 88.4 Å². The van der Waals surface area contributed by atoms with Crippen LogP contribution in [0, 0.1) is 13.8 Å². The van der Waals surface area contributed by atoms with E-state index in [-0.39, 0.29) is 22.2 Å². The predicted octanol–water partition coefficient (Wildman–Crippen LogP) is 18.3. The number of rotatable bonds is 6. The second kappa shape index (κ2) is 14.3. The fourth-order valence-corrected chi connectivity index (χ4v) is 13.9. The van der Waals surface area contributed by atoms with E-state index in [0.29, 0.717) is 0 Å². The summed E-state index contributed by atoms with van der Waals surface area (Å²) in [6, 6.07) is 61.5. The van der Waals surface area contributed by atoms with Crippen molar-refractivity contribution in [2.24, 2.45) is 0 Å². The number of benzene rings is 9. The van der Waals surface area contributed by atoms with Gasteiger partial charge in [-0.1, -0.05) is 193 Å². The molecule has 11 aromatic rings. The van der Waals surface area contributed by atoms with E-state index in [4.69, 9.17) is 8.83 Å². The molecule has 340 valence electrons. The van der Waals surface area contributed by atoms with Crippen LogP contribution in [0.15, 0.2) is 173 Å². The van der Waals surface area contributed by atoms with Gasteiger partial charge in [-0.15, -0.1) is 0 Å². The molecule has 2 nitrogen and oxygen atoms in total. The molecule has 0 spiro atoms. The van der Waals surface area contributed by atoms with Crippen LogP contribution in [0.2, 0.25) is 0 Å². The Hall–Kier alpha value is -7.42. The number of hydrogen-bond acceptors (Lipinski definition) is 2. The van der Waals surface area contributed by atoms with E-state index < -0.39 is 0 Å². The Bertz CT molecular complexity index is 4070. The van der Waals surface area contributed by atoms with Crippen LogP contribution in [0.4, 0.5) is 0 Å². The highest BCUT2D eigenvalue weighted by Crippen LogP contribution is 2.63. The maximum Gasteiger partial charge on any atom is 0.144 e. The van der Waals surface area contributed by atoms with Gasteiger partial charge >= 0.3 is 0 Å². The largest absolute Gasteiger partial charge is 0.455 e. The van der Waals surface area contributed by atoms with Crippen LogP contribution in [-0.2, 0) is 29.1 Å². The molecule has 9 aromatic carbocycles. The monoisotopic (exact) mass is 904 g/mol. The summed E-state index contributed by atoms with van der Waals surface area (Å²) in [6.45, 7) is 19.1. The second-order valence-corrected chi connectivity index (χ2v) is 22.5. The lowest BCUT2D eigenvalue weighted by Gasteiger charge is -2.31. The molecule has 0 aliphatic heterocycles. The lowest BCUT2D eigenvalue weighted by molar-refractivity contribution is 0.598. The molecule has 0 saturated heterocycles. The highest BCUT2D eigenvalue weighted by molar-refractivity contribution is 6.21. The Balaban J connectivity index is 0.886. The van der Waals surface area contributed by atoms with Gasteiger partial charge in [-0.25, -0.2) is 0 Å². The lowest BCUT2D eigenvalue weighted by Crippen LogP contribution is -2.24. The summed E-state index contributed by atoms with van der Waals surface area (Å²) in [6.07, 6.45) is 1.87. The van der Waals surface area contributed by atoms with Gasteiger partial charge in [0.05, 0.1) is 0 Å². The van der Waals surface area contributed by atoms with E-state index in [1.54, 1.807) is 0 Å². The van der Waals surface area contributed by atoms with Crippen molar-refractivity contribution in [3.63, 3.8) is 0 Å². The maximum atomic E-state index is 7.01. The van der Waals surface area contributed by atoms with Crippen LogP contribution >= 0.6 is 0 Å². The summed E-state index contributed by atoms with van der Waals surface area (Å²) < 4.78 is 13.8. The third-order valence-electron chi connectivity index (χ3n) is 17.2. The molecule has 70 heavy (non-hydrogen) atoms. The molecule has 0 fully saturated rings. The summed E-state index contributed by atoms with van der Waals surface area (Å²) in [5.41, 5.74) is 28.7. The quantitative estimate of drug-likeness (QED) is 0.166. The molecular weight excluding hydrogens is 849 g/mol. The van der Waals surface area contributed by atoms with Gasteiger partial charge in [0.15, 0.2) is 0 Å². The summed E-state index contributed by atoms with van der Waals surface area (Å²) in [7, 11) is 0. The van der Waals surface area contributed by atoms with Crippen LogP contribution in [-0.4, -0.2) is 0 Å². The van der Waals surface area contributed by atoms with Gasteiger partial charge in [-0.05, 0) is 140 Å². The minimum atomic E-state index is -0.249. The third kappa shape index (κ3) is 5.56. The van der Waals surface area contributed by atoms with Crippen LogP contribution in [0.3, 0.4) is 0 Å². The standard InChI is InChI=1S/C68H56O2/c1-38-18-17-20-42(32-38)50-37-54-57(59-48-23-12-15-26-55(48)69-64(50)59)46-30-28-40(35-52(46)66(54,3)4)33-43(44-21-10-9-19-39(44)2)34-41-29-31-47-53(36-41)68(7,8)63-61(47)65-60(49-24-13-16-27-56(49)70-65)58-45-22-11-14-25-51(45)67(5,6)62(58)63/h9-32,35-37,43H,33-34H2,1-8H3. The SMILES string of the molecule is Cc1cccc(-c2cc3c(c4c2oc2ccccc24)-c2ccc(CC(Cc4ccc5c(c4)C(C)(C)c4c6c(c7c(oc8ccccc87)c4-5)-c4ccccc4C6(C)C)c4ccccc4C)cc2C3(C)C)c1. The average Bonchev–Trinajstić information content (AvgIpc) is 4.10. The molecule has 0 amide bonds. The first-order chi connectivity index (χ1) is 33.8. The number of aryl methyl sites for hydroxylation is 2. The summed E-state index contributed by atoms with van der Waals surface area (Å²) >= 11 is 0. The molecule has 1 unspecified atom stereocenters. The van der Waals surface area contributed by atoms with Crippen molar-refractivity contribution in [1.29, 1.82) is 0 Å². The first-order valence-corrected chi connectivity index (χ1v) is 25.3. The van der Waals surface area contributed by atoms with Gasteiger partial charge in [0.25, 0.3) is 0 Å². The van der Waals surface area contributed by atoms with E-state index in [1.165, 1.54) is 122 Å². The number of para-hydroxylation sites is 2. The minimum absolute atomic E-state index is 0.173. The van der Waals surface area contributed by atoms with Gasteiger partial charge in [0, 0.05) is 48.9 Å². The first kappa shape index (κ1) is 41.5. The molecule has 2 heterocycles. The lowest BCUT2D eigenvalue weighted by atomic mass is 9.72. The third-order valence-corrected chi connectivity index (χ3v) is 17.2. The van der Waals surface area contributed by atoms with Crippen molar-refractivity contribution in [1.82, 2.24) is 0 Å². The van der Waals surface area contributed by atoms with E-state index in [0.717, 1.165) is 40.7 Å². The Kier molecular flexibility index (Phi) is 8.50. The summed E-state index contributed by atoms with van der Waals surface area (Å²) in [4.78, 5) is 0. The van der Waals surface area contributed by atoms with E-state index in [9.17, 15) is 0 Å². The highest BCUT2D eigenvalue weighted by atomic mass is 16.3. The molecule has 2 heteroatoms. The van der Waals surface area contributed by atoms with Crippen molar-refractivity contribution >= 4 is 43.9 Å². The number of furan rings is 2. The first-order valence-electron chi connectivity index (χ1n) is 25.3. The Labute approximate surface area is 410 Å². The molecule has 1 atom stereocenters. The average molecular weight is 905 g/mol. The van der Waals surface area contributed by atoms with Crippen LogP contribution < -0.4 is 0 Å². The zero-order valence-electron chi connectivity index (χ0n) is 41.4. The molecule has 0 bridgehead atoms. The summed E-state index contributed by atoms with van der Waals surface area (Å²) in [5.74, 6) is 0.272. The minimum Gasteiger partial charge on any atom is -0.455 e. The fraction of sp³-hybridized carbons (Fsp3) is 0.206. The topological polar surface area (TPSA) is 26.3 Å². The molecular formula is C68H56O2. The van der Waals surface area contributed by atoms with Crippen molar-refractivity contribution in [2.45, 2.75) is 90.4 Å². The van der Waals surface area contributed by atoms with Gasteiger partial charge < -0.3 is 8.83 Å². The Morgan fingerprint density at radius 1 is 0.414 bits per heavy atom. The normalized spacial score (nSPS) is 15.8. The molecule has 14 rings (SSSR count). The highest BCUT2D eigenvalue weighted by Gasteiger charge is 2.48. The van der Waals surface area contributed by atoms with E-state index >= 15 is 0 Å². The van der Waals surface area contributed by atoms with Crippen LogP contribution in [0.1, 0.15) is 109 Å². The number of fused-ring (bicyclic) bond motifs is 19. The van der Waals surface area contributed by atoms with Gasteiger partial charge in [0.2, 0.25) is 0 Å². The van der Waals surface area contributed by atoms with Crippen molar-refractivity contribution in [3.8, 4) is 44.5 Å². The zero-order valence-corrected chi connectivity index (χ0v) is 41.4. The summed E-state index contributed by atoms with van der Waals surface area (Å²) in [5, 5.41) is 4.85. The van der Waals surface area contributed by atoms with E-state index in [2.05, 4.69) is 219 Å². The fourth-order valence-electron chi connectivity index (χ4n) is 13.9. The van der Waals surface area contributed by atoms with Gasteiger partial charge in [-0.2, -0.15) is 0 Å². The molecule has 0 radical (unpaired) electrons. The van der Waals surface area contributed by atoms with Crippen LogP contribution in [0.5, 0.6) is 0 Å². The van der Waals surface area contributed by atoms with Crippen molar-refractivity contribution in [2.75, 3.05) is 0 Å². The predicted molar refractivity (Wildman–Crippen MR) is 292 cm³/mol. The number of hydrogen-bond donors (Lipinski definition) is 0. The molecule has 0 saturated carbocycles. The van der Waals surface area contributed by atoms with E-state index in [1.807, 2.05) is 0 Å².